The highest BCUT2D eigenvalue weighted by Gasteiger charge is 2.16. The van der Waals surface area contributed by atoms with E-state index in [9.17, 15) is 9.59 Å². The van der Waals surface area contributed by atoms with E-state index in [0.29, 0.717) is 16.3 Å². The summed E-state index contributed by atoms with van der Waals surface area (Å²) in [6.45, 7) is 0.918. The second kappa shape index (κ2) is 9.22. The van der Waals surface area contributed by atoms with Gasteiger partial charge in [-0.15, -0.1) is 10.2 Å². The van der Waals surface area contributed by atoms with Crippen molar-refractivity contribution < 1.29 is 9.59 Å². The van der Waals surface area contributed by atoms with Gasteiger partial charge < -0.3 is 9.88 Å². The monoisotopic (exact) mass is 422 g/mol. The summed E-state index contributed by atoms with van der Waals surface area (Å²) in [5.41, 5.74) is 2.16. The number of carbonyl (C=O) groups excluding carboxylic acids is 2. The van der Waals surface area contributed by atoms with Crippen LogP contribution in [0, 0.1) is 0 Å². The normalized spacial score (nSPS) is 13.4. The molecule has 1 aliphatic rings. The summed E-state index contributed by atoms with van der Waals surface area (Å²) in [5, 5.41) is 12.2. The molecule has 0 saturated heterocycles. The van der Waals surface area contributed by atoms with Crippen LogP contribution < -0.4 is 5.32 Å². The van der Waals surface area contributed by atoms with Crippen LogP contribution in [0.5, 0.6) is 0 Å². The van der Waals surface area contributed by atoms with Gasteiger partial charge in [0.05, 0.1) is 0 Å². The van der Waals surface area contributed by atoms with Gasteiger partial charge in [-0.25, -0.2) is 0 Å². The number of carbonyl (C=O) groups is 2. The third kappa shape index (κ3) is 4.76. The Bertz CT molecular complexity index is 1060. The maximum Gasteiger partial charge on any atom is 0.224 e. The van der Waals surface area contributed by atoms with Crippen molar-refractivity contribution in [2.75, 3.05) is 5.32 Å². The molecule has 154 valence electrons. The molecule has 0 atom stereocenters. The Labute approximate surface area is 180 Å². The molecule has 0 radical (unpaired) electrons. The van der Waals surface area contributed by atoms with E-state index in [1.165, 1.54) is 6.42 Å². The third-order valence-corrected chi connectivity index (χ3v) is 5.51. The van der Waals surface area contributed by atoms with Crippen molar-refractivity contribution in [3.63, 3.8) is 0 Å². The highest BCUT2D eigenvalue weighted by Crippen LogP contribution is 2.25. The van der Waals surface area contributed by atoms with E-state index >= 15 is 0 Å². The second-order valence-corrected chi connectivity index (χ2v) is 7.90. The minimum atomic E-state index is -0.200. The molecule has 3 aromatic rings. The van der Waals surface area contributed by atoms with E-state index in [4.69, 9.17) is 11.6 Å². The molecule has 6 nitrogen and oxygen atoms in total. The number of halogens is 1. The SMILES string of the molecule is O=C(CCC(=O)c1ccc(Cl)cc1)Nc1cccc(-c2nnc3n2CCCCC3)c1. The number of hydrogen-bond acceptors (Lipinski definition) is 4. The number of rotatable bonds is 6. The lowest BCUT2D eigenvalue weighted by Gasteiger charge is -2.09. The summed E-state index contributed by atoms with van der Waals surface area (Å²) in [7, 11) is 0. The van der Waals surface area contributed by atoms with Crippen LogP contribution in [0.25, 0.3) is 11.4 Å². The fourth-order valence-electron chi connectivity index (χ4n) is 3.67. The van der Waals surface area contributed by atoms with Gasteiger partial charge >= 0.3 is 0 Å². The van der Waals surface area contributed by atoms with Gasteiger partial charge in [0, 0.05) is 47.6 Å². The first-order valence-electron chi connectivity index (χ1n) is 10.2. The molecule has 0 saturated carbocycles. The molecular formula is C23H23ClN4O2. The molecule has 0 unspecified atom stereocenters. The highest BCUT2D eigenvalue weighted by atomic mass is 35.5. The van der Waals surface area contributed by atoms with E-state index in [-0.39, 0.29) is 24.5 Å². The van der Waals surface area contributed by atoms with Crippen molar-refractivity contribution in [2.45, 2.75) is 45.1 Å². The number of ketones is 1. The Hall–Kier alpha value is -2.99. The van der Waals surface area contributed by atoms with Gasteiger partial charge in [-0.3, -0.25) is 9.59 Å². The molecule has 0 fully saturated rings. The summed E-state index contributed by atoms with van der Waals surface area (Å²) >= 11 is 5.85. The van der Waals surface area contributed by atoms with Gasteiger partial charge in [0.2, 0.25) is 5.91 Å². The van der Waals surface area contributed by atoms with E-state index in [1.807, 2.05) is 24.3 Å². The van der Waals surface area contributed by atoms with Gasteiger partial charge in [-0.05, 0) is 49.2 Å². The molecular weight excluding hydrogens is 400 g/mol. The van der Waals surface area contributed by atoms with Crippen LogP contribution in [0.3, 0.4) is 0 Å². The fourth-order valence-corrected chi connectivity index (χ4v) is 3.79. The number of nitrogens with one attached hydrogen (secondary N) is 1. The maximum atomic E-state index is 12.4. The second-order valence-electron chi connectivity index (χ2n) is 7.46. The third-order valence-electron chi connectivity index (χ3n) is 5.26. The highest BCUT2D eigenvalue weighted by molar-refractivity contribution is 6.30. The smallest absolute Gasteiger partial charge is 0.224 e. The van der Waals surface area contributed by atoms with Crippen molar-refractivity contribution >= 4 is 29.0 Å². The van der Waals surface area contributed by atoms with Crippen LogP contribution in [0.15, 0.2) is 48.5 Å². The van der Waals surface area contributed by atoms with Crippen molar-refractivity contribution in [1.82, 2.24) is 14.8 Å². The zero-order chi connectivity index (χ0) is 20.9. The zero-order valence-electron chi connectivity index (χ0n) is 16.6. The number of fused-ring (bicyclic) bond motifs is 1. The standard InChI is InChI=1S/C23H23ClN4O2/c24-18-10-8-16(9-11-18)20(29)12-13-22(30)25-19-6-4-5-17(15-19)23-27-26-21-7-2-1-3-14-28(21)23/h4-6,8-11,15H,1-3,7,12-14H2,(H,25,30). The van der Waals surface area contributed by atoms with E-state index in [1.54, 1.807) is 24.3 Å². The van der Waals surface area contributed by atoms with Crippen LogP contribution >= 0.6 is 11.6 Å². The Morgan fingerprint density at radius 2 is 1.83 bits per heavy atom. The topological polar surface area (TPSA) is 76.9 Å². The lowest BCUT2D eigenvalue weighted by molar-refractivity contribution is -0.116. The Morgan fingerprint density at radius 1 is 1.00 bits per heavy atom. The van der Waals surface area contributed by atoms with Crippen molar-refractivity contribution in [3.8, 4) is 11.4 Å². The molecule has 2 heterocycles. The van der Waals surface area contributed by atoms with Gasteiger partial charge in [0.1, 0.15) is 5.82 Å². The van der Waals surface area contributed by atoms with Crippen LogP contribution in [0.4, 0.5) is 5.69 Å². The predicted molar refractivity (Wildman–Crippen MR) is 117 cm³/mol. The lowest BCUT2D eigenvalue weighted by Crippen LogP contribution is -2.13. The Morgan fingerprint density at radius 3 is 2.67 bits per heavy atom. The van der Waals surface area contributed by atoms with Crippen LogP contribution in [0.1, 0.15) is 48.3 Å². The molecule has 1 N–H and O–H groups in total. The zero-order valence-corrected chi connectivity index (χ0v) is 17.4. The molecule has 0 aliphatic carbocycles. The van der Waals surface area contributed by atoms with Gasteiger partial charge in [-0.1, -0.05) is 30.2 Å². The average molecular weight is 423 g/mol. The minimum absolute atomic E-state index is 0.0817. The fraction of sp³-hybridized carbons (Fsp3) is 0.304. The summed E-state index contributed by atoms with van der Waals surface area (Å²) in [5.74, 6) is 1.58. The number of benzene rings is 2. The number of aryl methyl sites for hydroxylation is 1. The number of aromatic nitrogens is 3. The first-order chi connectivity index (χ1) is 14.6. The molecule has 1 amide bonds. The van der Waals surface area contributed by atoms with E-state index < -0.39 is 0 Å². The molecule has 0 spiro atoms. The molecule has 30 heavy (non-hydrogen) atoms. The summed E-state index contributed by atoms with van der Waals surface area (Å²) < 4.78 is 2.18. The summed E-state index contributed by atoms with van der Waals surface area (Å²) in [6, 6.07) is 14.3. The Balaban J connectivity index is 1.40. The average Bonchev–Trinajstić information content (AvgIpc) is 3.01. The van der Waals surface area contributed by atoms with Gasteiger partial charge in [-0.2, -0.15) is 0 Å². The molecule has 0 bridgehead atoms. The first-order valence-corrected chi connectivity index (χ1v) is 10.6. The molecule has 1 aliphatic heterocycles. The van der Waals surface area contributed by atoms with E-state index in [0.717, 1.165) is 43.0 Å². The molecule has 2 aromatic carbocycles. The maximum absolute atomic E-state index is 12.4. The largest absolute Gasteiger partial charge is 0.326 e. The number of nitrogens with zero attached hydrogens (tertiary/aromatic N) is 3. The van der Waals surface area contributed by atoms with Crippen molar-refractivity contribution in [3.05, 3.63) is 64.9 Å². The van der Waals surface area contributed by atoms with Crippen LogP contribution in [-0.2, 0) is 17.8 Å². The first kappa shape index (κ1) is 20.3. The van der Waals surface area contributed by atoms with Gasteiger partial charge in [0.25, 0.3) is 0 Å². The minimum Gasteiger partial charge on any atom is -0.326 e. The van der Waals surface area contributed by atoms with Crippen LogP contribution in [0.2, 0.25) is 5.02 Å². The molecule has 1 aromatic heterocycles. The predicted octanol–water partition coefficient (Wildman–Crippen LogP) is 4.93. The molecule has 4 rings (SSSR count). The lowest BCUT2D eigenvalue weighted by atomic mass is 10.1. The number of Topliss-reactive ketones (excluding diaryl/α,β-unsaturated/α-hetero) is 1. The number of hydrogen-bond donors (Lipinski definition) is 1. The summed E-state index contributed by atoms with van der Waals surface area (Å²) in [4.78, 5) is 24.6. The van der Waals surface area contributed by atoms with E-state index in [2.05, 4.69) is 20.1 Å². The Kier molecular flexibility index (Phi) is 6.23. The number of anilines is 1. The van der Waals surface area contributed by atoms with Crippen molar-refractivity contribution in [1.29, 1.82) is 0 Å². The van der Waals surface area contributed by atoms with Crippen LogP contribution in [-0.4, -0.2) is 26.5 Å². The summed E-state index contributed by atoms with van der Waals surface area (Å²) in [6.07, 6.45) is 4.68. The van der Waals surface area contributed by atoms with Crippen molar-refractivity contribution in [2.24, 2.45) is 0 Å². The van der Waals surface area contributed by atoms with Gasteiger partial charge in [0.15, 0.2) is 11.6 Å². The molecule has 7 heteroatoms. The number of amides is 1. The quantitative estimate of drug-likeness (QED) is 0.571.